The summed E-state index contributed by atoms with van der Waals surface area (Å²) < 4.78 is 22.9. The average Bonchev–Trinajstić information content (AvgIpc) is 3.42. The van der Waals surface area contributed by atoms with E-state index in [9.17, 15) is 19.5 Å². The molecule has 0 aromatic carbocycles. The van der Waals surface area contributed by atoms with Crippen molar-refractivity contribution in [3.8, 4) is 0 Å². The maximum Gasteiger partial charge on any atom is 0.361 e. The molecule has 0 aliphatic carbocycles. The molecule has 0 aliphatic heterocycles. The van der Waals surface area contributed by atoms with Crippen LogP contribution in [0.4, 0.5) is 0 Å². The number of ether oxygens (including phenoxy) is 4. The topological polar surface area (TPSA) is 108 Å². The second kappa shape index (κ2) is 60.1. The summed E-state index contributed by atoms with van der Waals surface area (Å²) in [5.41, 5.74) is 0. The Morgan fingerprint density at radius 2 is 0.722 bits per heavy atom. The Morgan fingerprint density at radius 3 is 1.08 bits per heavy atom. The molecule has 0 saturated carbocycles. The number of unbranched alkanes of at least 4 members (excludes halogenated alkanes) is 25. The predicted molar refractivity (Wildman–Crippen MR) is 336 cm³/mol. The molecule has 0 heterocycles. The van der Waals surface area contributed by atoms with Crippen LogP contribution in [0.3, 0.4) is 0 Å². The van der Waals surface area contributed by atoms with Crippen LogP contribution in [-0.2, 0) is 33.3 Å². The van der Waals surface area contributed by atoms with Crippen LogP contribution in [0.1, 0.15) is 258 Å². The fourth-order valence-electron chi connectivity index (χ4n) is 8.61. The van der Waals surface area contributed by atoms with E-state index in [0.717, 1.165) is 96.3 Å². The zero-order valence-electron chi connectivity index (χ0n) is 51.5. The molecule has 0 aromatic heterocycles. The van der Waals surface area contributed by atoms with Gasteiger partial charge < -0.3 is 28.5 Å². The van der Waals surface area contributed by atoms with Gasteiger partial charge in [-0.1, -0.05) is 252 Å². The summed E-state index contributed by atoms with van der Waals surface area (Å²) in [5, 5.41) is 9.73. The second-order valence-electron chi connectivity index (χ2n) is 22.3. The highest BCUT2D eigenvalue weighted by atomic mass is 16.7. The molecule has 0 aliphatic rings. The van der Waals surface area contributed by atoms with E-state index in [1.54, 1.807) is 0 Å². The van der Waals surface area contributed by atoms with E-state index in [-0.39, 0.29) is 32.2 Å². The number of hydrogen-bond acceptors (Lipinski definition) is 7. The average molecular weight is 1100 g/mol. The Kier molecular flexibility index (Phi) is 57.0. The molecule has 1 N–H and O–H groups in total. The Morgan fingerprint density at radius 1 is 0.392 bits per heavy atom. The molecule has 0 aromatic rings. The highest BCUT2D eigenvalue weighted by Crippen LogP contribution is 2.16. The minimum atomic E-state index is -1.52. The fraction of sp³-hybridized carbons (Fsp3) is 0.700. The Balaban J connectivity index is 4.24. The van der Waals surface area contributed by atoms with Gasteiger partial charge in [0.2, 0.25) is 0 Å². The normalized spacial score (nSPS) is 13.5. The number of carboxylic acids is 1. The number of allylic oxidation sites excluding steroid dienone is 18. The molecule has 2 atom stereocenters. The zero-order chi connectivity index (χ0) is 57.6. The van der Waals surface area contributed by atoms with Crippen LogP contribution in [0, 0.1) is 0 Å². The van der Waals surface area contributed by atoms with E-state index in [1.165, 1.54) is 128 Å². The lowest BCUT2D eigenvalue weighted by atomic mass is 10.0. The van der Waals surface area contributed by atoms with Gasteiger partial charge in [0.1, 0.15) is 13.2 Å². The standard InChI is InChI=1S/C70H119NO8/c1-6-8-10-12-14-16-18-20-22-24-26-28-30-32-33-34-35-37-39-41-43-45-47-49-51-53-55-57-59-61-68(73)79-66(65-78-70(69(74)75)76-63-62-71(3,4)5)64-77-67(72)60-58-56-54-52-50-48-46-44-42-40-38-36-31-29-27-25-23-21-19-17-15-13-11-9-7-2/h8,10,14,16,19-22,25-28,32-33,35,37,41,43,66,70H,6-7,9,11-13,15,17-18,23-24,29-31,34,36,38-40,42,44-65H2,1-5H3/p+1/b10-8-,16-14-,21-19-,22-20-,27-25-,28-26-,33-32-,37-35-,43-41-. The summed E-state index contributed by atoms with van der Waals surface area (Å²) >= 11 is 0. The van der Waals surface area contributed by atoms with Crippen LogP contribution in [0.5, 0.6) is 0 Å². The molecule has 2 unspecified atom stereocenters. The monoisotopic (exact) mass is 1100 g/mol. The van der Waals surface area contributed by atoms with Crippen molar-refractivity contribution in [2.24, 2.45) is 0 Å². The van der Waals surface area contributed by atoms with Gasteiger partial charge in [-0.15, -0.1) is 0 Å². The minimum absolute atomic E-state index is 0.180. The molecule has 0 spiro atoms. The lowest BCUT2D eigenvalue weighted by Crippen LogP contribution is -2.40. The van der Waals surface area contributed by atoms with Crippen LogP contribution in [-0.4, -0.2) is 87.4 Å². The molecule has 0 rings (SSSR count). The van der Waals surface area contributed by atoms with Gasteiger partial charge in [0.15, 0.2) is 6.10 Å². The molecule has 0 fully saturated rings. The lowest BCUT2D eigenvalue weighted by Gasteiger charge is -2.25. The van der Waals surface area contributed by atoms with Crippen LogP contribution >= 0.6 is 0 Å². The third kappa shape index (κ3) is 61.4. The molecular formula is C70H120NO8+. The summed E-state index contributed by atoms with van der Waals surface area (Å²) in [5.74, 6) is -2.02. The molecular weight excluding hydrogens is 983 g/mol. The van der Waals surface area contributed by atoms with Gasteiger partial charge in [0.25, 0.3) is 6.29 Å². The first-order valence-corrected chi connectivity index (χ1v) is 32.1. The molecule has 79 heavy (non-hydrogen) atoms. The van der Waals surface area contributed by atoms with E-state index < -0.39 is 24.3 Å². The van der Waals surface area contributed by atoms with Gasteiger partial charge >= 0.3 is 17.9 Å². The SMILES string of the molecule is CC/C=C\C/C=C\C/C=C\C/C=C\C/C=C\C/C=C\C/C=C\CCCCCCCCCC(=O)OC(COC(=O)CCCCCCCCCCCCCCC/C=C\C/C=C\CCCCCCC)COC(OCC[N+](C)(C)C)C(=O)O. The molecule has 9 nitrogen and oxygen atoms in total. The first-order valence-electron chi connectivity index (χ1n) is 32.1. The first-order chi connectivity index (χ1) is 38.6. The highest BCUT2D eigenvalue weighted by molar-refractivity contribution is 5.71. The second-order valence-corrected chi connectivity index (χ2v) is 22.3. The number of rotatable bonds is 58. The minimum Gasteiger partial charge on any atom is -0.477 e. The van der Waals surface area contributed by atoms with Crippen molar-refractivity contribution in [1.82, 2.24) is 0 Å². The van der Waals surface area contributed by atoms with E-state index in [2.05, 4.69) is 123 Å². The van der Waals surface area contributed by atoms with Crippen molar-refractivity contribution in [3.05, 3.63) is 109 Å². The van der Waals surface area contributed by atoms with E-state index >= 15 is 0 Å². The Labute approximate surface area is 485 Å². The molecule has 0 saturated heterocycles. The maximum atomic E-state index is 12.9. The summed E-state index contributed by atoms with van der Waals surface area (Å²) in [4.78, 5) is 37.5. The molecule has 452 valence electrons. The number of nitrogens with zero attached hydrogens (tertiary/aromatic N) is 1. The van der Waals surface area contributed by atoms with Gasteiger partial charge in [0, 0.05) is 12.8 Å². The van der Waals surface area contributed by atoms with Crippen molar-refractivity contribution >= 4 is 17.9 Å². The van der Waals surface area contributed by atoms with Crippen LogP contribution in [0.15, 0.2) is 109 Å². The van der Waals surface area contributed by atoms with Crippen molar-refractivity contribution in [3.63, 3.8) is 0 Å². The van der Waals surface area contributed by atoms with Crippen molar-refractivity contribution in [1.29, 1.82) is 0 Å². The quantitative estimate of drug-likeness (QED) is 0.0211. The fourth-order valence-corrected chi connectivity index (χ4v) is 8.61. The molecule has 0 amide bonds. The van der Waals surface area contributed by atoms with Crippen LogP contribution < -0.4 is 0 Å². The zero-order valence-corrected chi connectivity index (χ0v) is 51.5. The highest BCUT2D eigenvalue weighted by Gasteiger charge is 2.25. The number of hydrogen-bond donors (Lipinski definition) is 1. The number of aliphatic carboxylic acids is 1. The van der Waals surface area contributed by atoms with Crippen LogP contribution in [0.25, 0.3) is 0 Å². The third-order valence-electron chi connectivity index (χ3n) is 13.5. The van der Waals surface area contributed by atoms with Crippen molar-refractivity contribution in [2.45, 2.75) is 270 Å². The lowest BCUT2D eigenvalue weighted by molar-refractivity contribution is -0.870. The smallest absolute Gasteiger partial charge is 0.361 e. The van der Waals surface area contributed by atoms with Crippen molar-refractivity contribution in [2.75, 3.05) is 47.5 Å². The van der Waals surface area contributed by atoms with Gasteiger partial charge in [0.05, 0.1) is 34.4 Å². The van der Waals surface area contributed by atoms with Crippen molar-refractivity contribution < 1.29 is 42.9 Å². The maximum absolute atomic E-state index is 12.9. The van der Waals surface area contributed by atoms with E-state index in [4.69, 9.17) is 18.9 Å². The summed E-state index contributed by atoms with van der Waals surface area (Å²) in [6, 6.07) is 0. The largest absolute Gasteiger partial charge is 0.477 e. The van der Waals surface area contributed by atoms with E-state index in [1.807, 2.05) is 21.1 Å². The molecule has 0 bridgehead atoms. The van der Waals surface area contributed by atoms with Gasteiger partial charge in [-0.05, 0) is 103 Å². The Hall–Kier alpha value is -4.05. The first kappa shape index (κ1) is 75.0. The number of esters is 2. The number of likely N-dealkylation sites (N-methyl/N-ethyl adjacent to an activating group) is 1. The number of carboxylic acid groups (broad SMARTS) is 1. The number of quaternary nitrogens is 1. The van der Waals surface area contributed by atoms with Gasteiger partial charge in [-0.3, -0.25) is 9.59 Å². The summed E-state index contributed by atoms with van der Waals surface area (Å²) in [6.07, 6.45) is 80.3. The van der Waals surface area contributed by atoms with Gasteiger partial charge in [-0.2, -0.15) is 0 Å². The third-order valence-corrected chi connectivity index (χ3v) is 13.5. The summed E-state index contributed by atoms with van der Waals surface area (Å²) in [6.45, 7) is 4.75. The molecule has 0 radical (unpaired) electrons. The van der Waals surface area contributed by atoms with Gasteiger partial charge in [-0.25, -0.2) is 4.79 Å². The molecule has 9 heteroatoms. The number of carbonyl (C=O) groups excluding carboxylic acids is 2. The Bertz CT molecular complexity index is 1660. The van der Waals surface area contributed by atoms with E-state index in [0.29, 0.717) is 23.9 Å². The number of carbonyl (C=O) groups is 3. The summed E-state index contributed by atoms with van der Waals surface area (Å²) in [7, 11) is 5.96. The van der Waals surface area contributed by atoms with Crippen LogP contribution in [0.2, 0.25) is 0 Å². The predicted octanol–water partition coefficient (Wildman–Crippen LogP) is 19.5.